The Morgan fingerprint density at radius 2 is 1.85 bits per heavy atom. The molecule has 27 heavy (non-hydrogen) atoms. The first-order valence-corrected chi connectivity index (χ1v) is 10.4. The van der Waals surface area contributed by atoms with Crippen LogP contribution in [0.1, 0.15) is 65.0 Å². The lowest BCUT2D eigenvalue weighted by Crippen LogP contribution is -2.39. The van der Waals surface area contributed by atoms with Crippen LogP contribution in [-0.4, -0.2) is 43.9 Å². The number of nitrogens with one attached hydrogen (secondary N) is 2. The molecule has 1 unspecified atom stereocenters. The average molecular weight is 378 g/mol. The second-order valence-electron chi connectivity index (χ2n) is 7.08. The predicted molar refractivity (Wildman–Crippen MR) is 114 cm³/mol. The molecule has 0 saturated heterocycles. The highest BCUT2D eigenvalue weighted by Gasteiger charge is 2.25. The van der Waals surface area contributed by atoms with Crippen LogP contribution in [0.2, 0.25) is 0 Å². The molecule has 0 aliphatic heterocycles. The van der Waals surface area contributed by atoms with Crippen molar-refractivity contribution in [3.63, 3.8) is 0 Å². The Labute approximate surface area is 165 Å². The quantitative estimate of drug-likeness (QED) is 0.277. The van der Waals surface area contributed by atoms with Crippen LogP contribution in [0.15, 0.2) is 35.3 Å². The standard InChI is InChI=1S/C22H39N3O2/c1-5-22(6-2,14-16-26)18-25-21(23-7-3)24-15-11-17-27-19(4)20-12-9-8-10-13-20/h8-10,12-13,19,26H,5-7,11,14-18H2,1-4H3,(H2,23,24,25). The van der Waals surface area contributed by atoms with E-state index in [-0.39, 0.29) is 18.1 Å². The van der Waals surface area contributed by atoms with Gasteiger partial charge in [0.05, 0.1) is 6.10 Å². The molecule has 1 aromatic carbocycles. The Balaban J connectivity index is 2.41. The monoisotopic (exact) mass is 377 g/mol. The van der Waals surface area contributed by atoms with Crippen LogP contribution in [0, 0.1) is 5.41 Å². The van der Waals surface area contributed by atoms with Crippen molar-refractivity contribution in [2.75, 3.05) is 32.8 Å². The molecule has 0 aromatic heterocycles. The largest absolute Gasteiger partial charge is 0.396 e. The highest BCUT2D eigenvalue weighted by molar-refractivity contribution is 5.79. The summed E-state index contributed by atoms with van der Waals surface area (Å²) in [5, 5.41) is 16.1. The van der Waals surface area contributed by atoms with Crippen molar-refractivity contribution in [2.24, 2.45) is 10.4 Å². The number of guanidine groups is 1. The summed E-state index contributed by atoms with van der Waals surface area (Å²) in [4.78, 5) is 4.77. The van der Waals surface area contributed by atoms with Crippen LogP contribution >= 0.6 is 0 Å². The molecule has 154 valence electrons. The minimum atomic E-state index is 0.0886. The van der Waals surface area contributed by atoms with Crippen molar-refractivity contribution < 1.29 is 9.84 Å². The highest BCUT2D eigenvalue weighted by Crippen LogP contribution is 2.30. The van der Waals surface area contributed by atoms with Gasteiger partial charge in [-0.2, -0.15) is 0 Å². The van der Waals surface area contributed by atoms with Gasteiger partial charge in [0.1, 0.15) is 0 Å². The number of ether oxygens (including phenoxy) is 1. The van der Waals surface area contributed by atoms with Crippen LogP contribution in [0.25, 0.3) is 0 Å². The van der Waals surface area contributed by atoms with E-state index in [2.05, 4.69) is 50.5 Å². The summed E-state index contributed by atoms with van der Waals surface area (Å²) < 4.78 is 5.92. The van der Waals surface area contributed by atoms with Crippen LogP contribution in [-0.2, 0) is 4.74 Å². The zero-order valence-electron chi connectivity index (χ0n) is 17.6. The maximum absolute atomic E-state index is 9.37. The fourth-order valence-corrected chi connectivity index (χ4v) is 3.09. The van der Waals surface area contributed by atoms with E-state index in [1.807, 2.05) is 18.2 Å². The molecular formula is C22H39N3O2. The van der Waals surface area contributed by atoms with E-state index in [4.69, 9.17) is 9.73 Å². The molecule has 0 heterocycles. The molecule has 0 radical (unpaired) electrons. The Kier molecular flexibility index (Phi) is 11.8. The molecule has 0 bridgehead atoms. The third-order valence-corrected chi connectivity index (χ3v) is 5.31. The van der Waals surface area contributed by atoms with Gasteiger partial charge in [-0.15, -0.1) is 0 Å². The number of rotatable bonds is 13. The summed E-state index contributed by atoms with van der Waals surface area (Å²) in [6.07, 6.45) is 3.89. The number of aliphatic hydroxyl groups is 1. The van der Waals surface area contributed by atoms with E-state index >= 15 is 0 Å². The van der Waals surface area contributed by atoms with Gasteiger partial charge in [0.25, 0.3) is 0 Å². The molecule has 0 saturated carbocycles. The zero-order chi connectivity index (χ0) is 20.0. The summed E-state index contributed by atoms with van der Waals surface area (Å²) in [5.74, 6) is 0.845. The molecule has 0 spiro atoms. The fraction of sp³-hybridized carbons (Fsp3) is 0.682. The van der Waals surface area contributed by atoms with Crippen LogP contribution in [0.5, 0.6) is 0 Å². The normalized spacial score (nSPS) is 13.4. The van der Waals surface area contributed by atoms with Gasteiger partial charge >= 0.3 is 0 Å². The molecule has 1 atom stereocenters. The van der Waals surface area contributed by atoms with Gasteiger partial charge in [-0.05, 0) is 50.5 Å². The van der Waals surface area contributed by atoms with E-state index in [1.165, 1.54) is 5.56 Å². The predicted octanol–water partition coefficient (Wildman–Crippen LogP) is 3.90. The summed E-state index contributed by atoms with van der Waals surface area (Å²) in [5.41, 5.74) is 1.30. The minimum absolute atomic E-state index is 0.0886. The molecule has 0 amide bonds. The first-order chi connectivity index (χ1) is 13.1. The van der Waals surface area contributed by atoms with Crippen molar-refractivity contribution in [3.8, 4) is 0 Å². The number of benzene rings is 1. The van der Waals surface area contributed by atoms with Gasteiger partial charge in [0, 0.05) is 32.8 Å². The fourth-order valence-electron chi connectivity index (χ4n) is 3.09. The van der Waals surface area contributed by atoms with E-state index in [9.17, 15) is 5.11 Å². The third-order valence-electron chi connectivity index (χ3n) is 5.31. The summed E-state index contributed by atoms with van der Waals surface area (Å²) in [6, 6.07) is 10.3. The van der Waals surface area contributed by atoms with Crippen LogP contribution < -0.4 is 10.6 Å². The maximum Gasteiger partial charge on any atom is 0.191 e. The number of nitrogens with zero attached hydrogens (tertiary/aromatic N) is 1. The summed E-state index contributed by atoms with van der Waals surface area (Å²) in [6.45, 7) is 11.8. The molecule has 5 heteroatoms. The van der Waals surface area contributed by atoms with E-state index in [0.717, 1.165) is 51.3 Å². The molecule has 0 aliphatic rings. The first kappa shape index (κ1) is 23.4. The number of hydrogen-bond acceptors (Lipinski definition) is 3. The van der Waals surface area contributed by atoms with Gasteiger partial charge in [0.15, 0.2) is 5.96 Å². The van der Waals surface area contributed by atoms with E-state index in [0.29, 0.717) is 6.61 Å². The topological polar surface area (TPSA) is 65.9 Å². The zero-order valence-corrected chi connectivity index (χ0v) is 17.6. The summed E-state index contributed by atoms with van der Waals surface area (Å²) in [7, 11) is 0. The number of aliphatic hydroxyl groups excluding tert-OH is 1. The Hall–Kier alpha value is -1.59. The number of hydrogen-bond donors (Lipinski definition) is 3. The smallest absolute Gasteiger partial charge is 0.191 e. The Morgan fingerprint density at radius 3 is 2.44 bits per heavy atom. The van der Waals surface area contributed by atoms with Crippen molar-refractivity contribution in [1.29, 1.82) is 0 Å². The average Bonchev–Trinajstić information content (AvgIpc) is 2.71. The lowest BCUT2D eigenvalue weighted by molar-refractivity contribution is 0.0646. The number of aliphatic imine (C=N–C) groups is 1. The lowest BCUT2D eigenvalue weighted by atomic mass is 9.79. The van der Waals surface area contributed by atoms with Crippen molar-refractivity contribution in [1.82, 2.24) is 10.6 Å². The van der Waals surface area contributed by atoms with E-state index in [1.54, 1.807) is 0 Å². The van der Waals surface area contributed by atoms with Gasteiger partial charge in [-0.1, -0.05) is 44.2 Å². The van der Waals surface area contributed by atoms with Crippen LogP contribution in [0.3, 0.4) is 0 Å². The molecule has 0 fully saturated rings. The molecule has 1 rings (SSSR count). The molecule has 3 N–H and O–H groups in total. The lowest BCUT2D eigenvalue weighted by Gasteiger charge is -2.29. The Bertz CT molecular complexity index is 516. The molecule has 1 aromatic rings. The SMILES string of the molecule is CCNC(=NCC(CC)(CC)CCO)NCCCOC(C)c1ccccc1. The molecule has 0 aliphatic carbocycles. The second-order valence-corrected chi connectivity index (χ2v) is 7.08. The van der Waals surface area contributed by atoms with Crippen molar-refractivity contribution >= 4 is 5.96 Å². The van der Waals surface area contributed by atoms with Crippen molar-refractivity contribution in [3.05, 3.63) is 35.9 Å². The highest BCUT2D eigenvalue weighted by atomic mass is 16.5. The Morgan fingerprint density at radius 1 is 1.15 bits per heavy atom. The second kappa shape index (κ2) is 13.6. The summed E-state index contributed by atoms with van der Waals surface area (Å²) >= 11 is 0. The van der Waals surface area contributed by atoms with Gasteiger partial charge in [-0.25, -0.2) is 0 Å². The minimum Gasteiger partial charge on any atom is -0.396 e. The van der Waals surface area contributed by atoms with Crippen LogP contribution in [0.4, 0.5) is 0 Å². The van der Waals surface area contributed by atoms with Crippen molar-refractivity contribution in [2.45, 2.75) is 59.5 Å². The molecule has 5 nitrogen and oxygen atoms in total. The molecular weight excluding hydrogens is 338 g/mol. The van der Waals surface area contributed by atoms with Gasteiger partial charge < -0.3 is 20.5 Å². The van der Waals surface area contributed by atoms with E-state index < -0.39 is 0 Å². The maximum atomic E-state index is 9.37. The van der Waals surface area contributed by atoms with Gasteiger partial charge in [-0.3, -0.25) is 4.99 Å². The van der Waals surface area contributed by atoms with Gasteiger partial charge in [0.2, 0.25) is 0 Å². The first-order valence-electron chi connectivity index (χ1n) is 10.4. The third kappa shape index (κ3) is 8.76.